The quantitative estimate of drug-likeness (QED) is 0.496. The highest BCUT2D eigenvalue weighted by molar-refractivity contribution is 7.93. The fourth-order valence-electron chi connectivity index (χ4n) is 2.09. The second-order valence-corrected chi connectivity index (χ2v) is 8.95. The molecule has 0 aliphatic heterocycles. The van der Waals surface area contributed by atoms with Crippen molar-refractivity contribution in [3.8, 4) is 11.5 Å². The molecule has 0 fully saturated rings. The number of hydrogen-bond donors (Lipinski definition) is 2. The van der Waals surface area contributed by atoms with Gasteiger partial charge in [0, 0.05) is 12.1 Å². The maximum atomic E-state index is 12.6. The predicted molar refractivity (Wildman–Crippen MR) is 91.8 cm³/mol. The van der Waals surface area contributed by atoms with E-state index >= 15 is 0 Å². The Bertz CT molecular complexity index is 1180. The molecule has 15 heteroatoms. The molecule has 2 aromatic rings. The molecule has 0 radical (unpaired) electrons. The van der Waals surface area contributed by atoms with Crippen molar-refractivity contribution in [2.75, 3.05) is 11.8 Å². The summed E-state index contributed by atoms with van der Waals surface area (Å²) >= 11 is 0. The van der Waals surface area contributed by atoms with Gasteiger partial charge in [0.15, 0.2) is 11.5 Å². The highest BCUT2D eigenvalue weighted by Crippen LogP contribution is 2.35. The Morgan fingerprint density at radius 1 is 1.07 bits per heavy atom. The summed E-state index contributed by atoms with van der Waals surface area (Å²) in [7, 11) is -9.21. The van der Waals surface area contributed by atoms with E-state index in [0.717, 1.165) is 22.9 Å². The van der Waals surface area contributed by atoms with Crippen LogP contribution in [0.2, 0.25) is 0 Å². The second-order valence-electron chi connectivity index (χ2n) is 5.32. The summed E-state index contributed by atoms with van der Waals surface area (Å²) in [5, 5.41) is 20.9. The smallest absolute Gasteiger partial charge is 0.504 e. The number of alkyl halides is 3. The Kier molecular flexibility index (Phi) is 5.67. The van der Waals surface area contributed by atoms with E-state index in [9.17, 15) is 45.2 Å². The fourth-order valence-corrected chi connectivity index (χ4v) is 3.97. The van der Waals surface area contributed by atoms with Crippen LogP contribution in [0.4, 0.5) is 24.5 Å². The molecule has 0 aromatic heterocycles. The number of phenolic OH excluding ortho intramolecular Hbond substituents is 1. The van der Waals surface area contributed by atoms with Gasteiger partial charge in [0.2, 0.25) is 9.84 Å². The lowest BCUT2D eigenvalue weighted by atomic mass is 10.3. The number of aromatic hydroxyl groups is 1. The summed E-state index contributed by atoms with van der Waals surface area (Å²) < 4.78 is 90.9. The van der Waals surface area contributed by atoms with E-state index in [-0.39, 0.29) is 5.75 Å². The van der Waals surface area contributed by atoms with Gasteiger partial charge in [-0.15, -0.1) is 0 Å². The molecule has 0 saturated carbocycles. The van der Waals surface area contributed by atoms with Crippen molar-refractivity contribution in [3.05, 3.63) is 46.5 Å². The molecular formula is C14H11F3N2O8S2. The SMILES string of the molecule is COc1ccc(S(=O)(=O)c2ccc(NS(=O)(=O)C(F)(F)F)c([N+](=O)[O-])c2)cc1O. The van der Waals surface area contributed by atoms with Crippen LogP contribution in [0.15, 0.2) is 46.2 Å². The van der Waals surface area contributed by atoms with E-state index < -0.39 is 57.2 Å². The minimum Gasteiger partial charge on any atom is -0.504 e. The molecule has 2 aromatic carbocycles. The van der Waals surface area contributed by atoms with Crippen LogP contribution < -0.4 is 9.46 Å². The van der Waals surface area contributed by atoms with Gasteiger partial charge in [0.05, 0.1) is 21.8 Å². The lowest BCUT2D eigenvalue weighted by Gasteiger charge is -2.12. The fraction of sp³-hybridized carbons (Fsp3) is 0.143. The third kappa shape index (κ3) is 4.34. The van der Waals surface area contributed by atoms with Crippen LogP contribution in [0.1, 0.15) is 0 Å². The summed E-state index contributed by atoms with van der Waals surface area (Å²) in [5.74, 6) is -0.593. The largest absolute Gasteiger partial charge is 0.516 e. The monoisotopic (exact) mass is 456 g/mol. The lowest BCUT2D eigenvalue weighted by Crippen LogP contribution is -2.30. The van der Waals surface area contributed by atoms with Crippen molar-refractivity contribution < 1.29 is 44.8 Å². The van der Waals surface area contributed by atoms with Crippen molar-refractivity contribution in [1.29, 1.82) is 0 Å². The topological polar surface area (TPSA) is 153 Å². The van der Waals surface area contributed by atoms with Crippen molar-refractivity contribution in [1.82, 2.24) is 0 Å². The van der Waals surface area contributed by atoms with Crippen LogP contribution in [0.5, 0.6) is 11.5 Å². The maximum absolute atomic E-state index is 12.6. The maximum Gasteiger partial charge on any atom is 0.516 e. The van der Waals surface area contributed by atoms with E-state index in [2.05, 4.69) is 0 Å². The molecule has 0 heterocycles. The summed E-state index contributed by atoms with van der Waals surface area (Å²) in [4.78, 5) is 8.69. The van der Waals surface area contributed by atoms with Gasteiger partial charge >= 0.3 is 15.5 Å². The first-order valence-electron chi connectivity index (χ1n) is 7.20. The normalized spacial score (nSPS) is 12.4. The molecule has 0 unspecified atom stereocenters. The van der Waals surface area contributed by atoms with Crippen LogP contribution in [0, 0.1) is 10.1 Å². The third-order valence-corrected chi connectivity index (χ3v) is 6.33. The van der Waals surface area contributed by atoms with Crippen LogP contribution in [-0.4, -0.2) is 39.5 Å². The number of nitro groups is 1. The number of rotatable bonds is 6. The number of hydrogen-bond acceptors (Lipinski definition) is 8. The number of phenols is 1. The first-order chi connectivity index (χ1) is 13.2. The molecular weight excluding hydrogens is 445 g/mol. The Morgan fingerprint density at radius 2 is 1.62 bits per heavy atom. The summed E-state index contributed by atoms with van der Waals surface area (Å²) in [6.45, 7) is 0. The number of ether oxygens (including phenoxy) is 1. The molecule has 0 amide bonds. The number of sulfone groups is 1. The highest BCUT2D eigenvalue weighted by atomic mass is 32.2. The average molecular weight is 456 g/mol. The van der Waals surface area contributed by atoms with E-state index in [4.69, 9.17) is 4.74 Å². The molecule has 0 saturated heterocycles. The van der Waals surface area contributed by atoms with Gasteiger partial charge in [-0.2, -0.15) is 21.6 Å². The molecule has 2 rings (SSSR count). The molecule has 0 atom stereocenters. The van der Waals surface area contributed by atoms with Gasteiger partial charge in [-0.05, 0) is 24.3 Å². The number of methoxy groups -OCH3 is 1. The van der Waals surface area contributed by atoms with Crippen molar-refractivity contribution >= 4 is 31.2 Å². The van der Waals surface area contributed by atoms with Gasteiger partial charge in [-0.25, -0.2) is 8.42 Å². The summed E-state index contributed by atoms with van der Waals surface area (Å²) in [6, 6.07) is 4.53. The Morgan fingerprint density at radius 3 is 2.10 bits per heavy atom. The van der Waals surface area contributed by atoms with Gasteiger partial charge < -0.3 is 9.84 Å². The zero-order valence-corrected chi connectivity index (χ0v) is 15.8. The number of sulfonamides is 1. The molecule has 29 heavy (non-hydrogen) atoms. The number of nitrogens with one attached hydrogen (secondary N) is 1. The van der Waals surface area contributed by atoms with E-state index in [0.29, 0.717) is 18.2 Å². The first-order valence-corrected chi connectivity index (χ1v) is 10.2. The standard InChI is InChI=1S/C14H11F3N2O8S2/c1-27-13-5-3-9(7-12(13)20)28(23,24)8-2-4-10(11(6-8)19(21)22)18-29(25,26)14(15,16)17/h2-7,18,20H,1H3. The summed E-state index contributed by atoms with van der Waals surface area (Å²) in [5.41, 5.74) is -8.05. The predicted octanol–water partition coefficient (Wildman–Crippen LogP) is 2.40. The zero-order chi connectivity index (χ0) is 22.2. The van der Waals surface area contributed by atoms with Gasteiger partial charge in [-0.1, -0.05) is 0 Å². The zero-order valence-electron chi connectivity index (χ0n) is 14.2. The number of benzene rings is 2. The van der Waals surface area contributed by atoms with E-state index in [1.807, 2.05) is 0 Å². The number of nitrogens with zero attached hydrogens (tertiary/aromatic N) is 1. The van der Waals surface area contributed by atoms with Crippen LogP contribution in [-0.2, 0) is 19.9 Å². The minimum absolute atomic E-state index is 0.0492. The van der Waals surface area contributed by atoms with E-state index in [1.165, 1.54) is 7.11 Å². The molecule has 0 aliphatic carbocycles. The number of halogens is 3. The van der Waals surface area contributed by atoms with Crippen molar-refractivity contribution in [2.24, 2.45) is 0 Å². The molecule has 158 valence electrons. The molecule has 2 N–H and O–H groups in total. The molecule has 0 aliphatic rings. The number of nitro benzene ring substituents is 1. The van der Waals surface area contributed by atoms with Crippen molar-refractivity contribution in [2.45, 2.75) is 15.3 Å². The summed E-state index contributed by atoms with van der Waals surface area (Å²) in [6.07, 6.45) is 0. The van der Waals surface area contributed by atoms with Crippen LogP contribution >= 0.6 is 0 Å². The molecule has 0 bridgehead atoms. The first kappa shape index (κ1) is 22.2. The van der Waals surface area contributed by atoms with Gasteiger partial charge in [0.25, 0.3) is 5.69 Å². The van der Waals surface area contributed by atoms with E-state index in [1.54, 1.807) is 0 Å². The van der Waals surface area contributed by atoms with Gasteiger partial charge in [-0.3, -0.25) is 14.8 Å². The highest BCUT2D eigenvalue weighted by Gasteiger charge is 2.46. The lowest BCUT2D eigenvalue weighted by molar-refractivity contribution is -0.384. The van der Waals surface area contributed by atoms with Crippen LogP contribution in [0.25, 0.3) is 0 Å². The second kappa shape index (κ2) is 7.40. The minimum atomic E-state index is -5.97. The molecule has 10 nitrogen and oxygen atoms in total. The van der Waals surface area contributed by atoms with Crippen molar-refractivity contribution in [3.63, 3.8) is 0 Å². The number of anilines is 1. The average Bonchev–Trinajstić information content (AvgIpc) is 2.60. The third-order valence-electron chi connectivity index (χ3n) is 3.49. The Hall–Kier alpha value is -3.07. The van der Waals surface area contributed by atoms with Crippen LogP contribution in [0.3, 0.4) is 0 Å². The Labute approximate surface area is 161 Å². The van der Waals surface area contributed by atoms with Gasteiger partial charge in [0.1, 0.15) is 5.69 Å². The molecule has 0 spiro atoms. The Balaban J connectivity index is 2.57.